The Bertz CT molecular complexity index is 1420. The highest BCUT2D eigenvalue weighted by atomic mass is 32.2. The summed E-state index contributed by atoms with van der Waals surface area (Å²) in [6, 6.07) is -1.65. The number of hydrogen-bond acceptors (Lipinski definition) is 6. The fourth-order valence-electron chi connectivity index (χ4n) is 9.30. The molecule has 5 fully saturated rings. The van der Waals surface area contributed by atoms with E-state index in [0.29, 0.717) is 36.0 Å². The quantitative estimate of drug-likeness (QED) is 0.0823. The van der Waals surface area contributed by atoms with Crippen LogP contribution in [-0.2, 0) is 23.9 Å². The van der Waals surface area contributed by atoms with Gasteiger partial charge in [0.2, 0.25) is 11.7 Å². The summed E-state index contributed by atoms with van der Waals surface area (Å²) in [5.41, 5.74) is 5.90. The number of nitrogens with one attached hydrogen (secondary N) is 3. The van der Waals surface area contributed by atoms with E-state index >= 15 is 0 Å². The van der Waals surface area contributed by atoms with Gasteiger partial charge in [-0.15, -0.1) is 0 Å². The van der Waals surface area contributed by atoms with Crippen LogP contribution in [0.15, 0.2) is 11.8 Å². The number of likely N-dealkylation sites (tertiary alicyclic amines) is 1. The number of amides is 4. The lowest BCUT2D eigenvalue weighted by Gasteiger charge is -2.41. The zero-order chi connectivity index (χ0) is 37.0. The molecule has 0 aromatic rings. The molecule has 0 aromatic carbocycles. The van der Waals surface area contributed by atoms with Crippen molar-refractivity contribution in [2.45, 2.75) is 166 Å². The van der Waals surface area contributed by atoms with Crippen LogP contribution in [0.2, 0.25) is 0 Å². The Kier molecular flexibility index (Phi) is 12.7. The molecule has 4 saturated carbocycles. The first-order chi connectivity index (χ1) is 24.1. The molecule has 0 bridgehead atoms. The number of carbonyl (C=O) groups excluding carboxylic acids is 4. The minimum absolute atomic E-state index is 0.162. The SMILES string of the molecule is C=S(=O)(CC1(NC(=O)N/C(=C/CCCCCCC)CN2C[C@H]3[C@H](CCC34CC4)[C@H]2C(=O)NC(CC2CC2)C(=O)C(N)=O)CCCCC1)C(C)(C)C. The number of rotatable bonds is 18. The summed E-state index contributed by atoms with van der Waals surface area (Å²) in [6.45, 7) is 9.25. The molecule has 5 N–H and O–H groups in total. The molecule has 10 nitrogen and oxygen atoms in total. The molecule has 0 aromatic heterocycles. The summed E-state index contributed by atoms with van der Waals surface area (Å²) in [4.78, 5) is 55.2. The standard InChI is InChI=1S/C40H67N5O5S/c1-6-7-8-9-10-12-15-29(42-37(49)44-40(19-13-11-14-20-40)27-51(5,50)38(2,3)4)25-45-26-31-30(18-21-39(31)22-23-39)33(45)36(48)43-32(24-28-16-17-28)34(46)35(41)47/h15,28,30-33H,5-14,16-27H2,1-4H3,(H2,41,47)(H,43,48)(H2,42,44,49)/b29-15+/t30-,31-,32?,33-,51?/m0/s1. The smallest absolute Gasteiger partial charge is 0.319 e. The predicted octanol–water partition coefficient (Wildman–Crippen LogP) is 5.58. The lowest BCUT2D eigenvalue weighted by Crippen LogP contribution is -2.58. The number of unbranched alkanes of at least 4 members (excludes halogenated alkanes) is 5. The molecule has 4 amide bonds. The van der Waals surface area contributed by atoms with Gasteiger partial charge in [0.05, 0.1) is 17.6 Å². The van der Waals surface area contributed by atoms with Crippen LogP contribution in [-0.4, -0.2) is 79.8 Å². The number of fused-ring (bicyclic) bond motifs is 2. The molecule has 51 heavy (non-hydrogen) atoms. The van der Waals surface area contributed by atoms with Gasteiger partial charge in [-0.1, -0.05) is 70.8 Å². The Balaban J connectivity index is 1.35. The Morgan fingerprint density at radius 3 is 2.27 bits per heavy atom. The topological polar surface area (TPSA) is 151 Å². The molecular formula is C40H67N5O5S. The molecule has 1 aliphatic heterocycles. The predicted molar refractivity (Wildman–Crippen MR) is 206 cm³/mol. The van der Waals surface area contributed by atoms with E-state index in [0.717, 1.165) is 89.3 Å². The molecule has 1 spiro atoms. The van der Waals surface area contributed by atoms with Crippen LogP contribution >= 0.6 is 0 Å². The minimum Gasteiger partial charge on any atom is -0.363 e. The zero-order valence-corrected chi connectivity index (χ0v) is 32.8. The lowest BCUT2D eigenvalue weighted by molar-refractivity contribution is -0.139. The van der Waals surface area contributed by atoms with Gasteiger partial charge in [0.25, 0.3) is 5.91 Å². The number of hydrogen-bond donors (Lipinski definition) is 4. The second-order valence-corrected chi connectivity index (χ2v) is 21.1. The molecule has 5 rings (SSSR count). The van der Waals surface area contributed by atoms with Crippen LogP contribution in [0, 0.1) is 23.2 Å². The van der Waals surface area contributed by atoms with Crippen molar-refractivity contribution < 1.29 is 23.4 Å². The summed E-state index contributed by atoms with van der Waals surface area (Å²) in [6.07, 6.45) is 20.1. The third kappa shape index (κ3) is 9.98. The first-order valence-corrected chi connectivity index (χ1v) is 22.0. The van der Waals surface area contributed by atoms with Crippen LogP contribution in [0.3, 0.4) is 0 Å². The number of nitrogens with zero attached hydrogens (tertiary/aromatic N) is 1. The second kappa shape index (κ2) is 16.3. The van der Waals surface area contributed by atoms with E-state index < -0.39 is 43.6 Å². The van der Waals surface area contributed by atoms with E-state index in [1.165, 1.54) is 32.1 Å². The van der Waals surface area contributed by atoms with Crippen molar-refractivity contribution in [2.24, 2.45) is 28.9 Å². The molecule has 11 heteroatoms. The number of allylic oxidation sites excluding steroid dienone is 1. The van der Waals surface area contributed by atoms with Gasteiger partial charge in [-0.05, 0) is 117 Å². The van der Waals surface area contributed by atoms with Gasteiger partial charge in [-0.3, -0.25) is 23.5 Å². The van der Waals surface area contributed by atoms with Crippen molar-refractivity contribution in [1.82, 2.24) is 20.9 Å². The van der Waals surface area contributed by atoms with Crippen LogP contribution in [0.1, 0.15) is 143 Å². The monoisotopic (exact) mass is 729 g/mol. The van der Waals surface area contributed by atoms with E-state index in [1.807, 2.05) is 20.8 Å². The van der Waals surface area contributed by atoms with Crippen molar-refractivity contribution in [2.75, 3.05) is 18.8 Å². The molecule has 1 saturated heterocycles. The highest BCUT2D eigenvalue weighted by Crippen LogP contribution is 2.66. The van der Waals surface area contributed by atoms with Crippen LogP contribution in [0.25, 0.3) is 0 Å². The maximum absolute atomic E-state index is 14.2. The van der Waals surface area contributed by atoms with Gasteiger partial charge in [-0.25, -0.2) is 4.79 Å². The maximum atomic E-state index is 14.2. The average molecular weight is 730 g/mol. The van der Waals surface area contributed by atoms with E-state index in [2.05, 4.69) is 39.7 Å². The maximum Gasteiger partial charge on any atom is 0.319 e. The molecule has 5 atom stereocenters. The van der Waals surface area contributed by atoms with Crippen molar-refractivity contribution in [3.8, 4) is 0 Å². The van der Waals surface area contributed by atoms with Crippen molar-refractivity contribution in [3.05, 3.63) is 11.8 Å². The Hall–Kier alpha value is -2.40. The Morgan fingerprint density at radius 1 is 0.980 bits per heavy atom. The fourth-order valence-corrected chi connectivity index (χ4v) is 11.0. The van der Waals surface area contributed by atoms with Gasteiger partial charge in [0, 0.05) is 29.3 Å². The first-order valence-electron chi connectivity index (χ1n) is 20.1. The highest BCUT2D eigenvalue weighted by Gasteiger charge is 2.62. The van der Waals surface area contributed by atoms with Crippen molar-refractivity contribution in [1.29, 1.82) is 0 Å². The van der Waals surface area contributed by atoms with Crippen LogP contribution < -0.4 is 21.7 Å². The Labute approximate surface area is 307 Å². The third-order valence-corrected chi connectivity index (χ3v) is 16.2. The minimum atomic E-state index is -2.49. The van der Waals surface area contributed by atoms with Crippen molar-refractivity contribution in [3.63, 3.8) is 0 Å². The normalized spacial score (nSPS) is 27.3. The number of nitrogens with two attached hydrogens (primary N) is 1. The molecule has 288 valence electrons. The zero-order valence-electron chi connectivity index (χ0n) is 32.0. The molecule has 5 aliphatic rings. The molecule has 0 radical (unpaired) electrons. The van der Waals surface area contributed by atoms with E-state index in [4.69, 9.17) is 5.73 Å². The number of ketones is 1. The number of urea groups is 1. The molecule has 2 unspecified atom stereocenters. The van der Waals surface area contributed by atoms with Gasteiger partial charge in [0.1, 0.15) is 0 Å². The van der Waals surface area contributed by atoms with Gasteiger partial charge in [0.15, 0.2) is 0 Å². The van der Waals surface area contributed by atoms with Gasteiger partial charge < -0.3 is 21.7 Å². The average Bonchev–Trinajstić information content (AvgIpc) is 3.97. The second-order valence-electron chi connectivity index (χ2n) is 17.9. The summed E-state index contributed by atoms with van der Waals surface area (Å²) in [7, 11) is -2.49. The summed E-state index contributed by atoms with van der Waals surface area (Å²) in [5, 5.41) is 9.53. The number of Topliss-reactive ketones (excluding diaryl/α,β-unsaturated/α-hetero) is 1. The summed E-state index contributed by atoms with van der Waals surface area (Å²) < 4.78 is 13.4. The molecular weight excluding hydrogens is 663 g/mol. The van der Waals surface area contributed by atoms with Crippen LogP contribution in [0.4, 0.5) is 4.79 Å². The molecule has 4 aliphatic carbocycles. The first kappa shape index (κ1) is 39.8. The summed E-state index contributed by atoms with van der Waals surface area (Å²) >= 11 is 0. The van der Waals surface area contributed by atoms with Gasteiger partial charge in [-0.2, -0.15) is 0 Å². The van der Waals surface area contributed by atoms with E-state index in [9.17, 15) is 23.4 Å². The fraction of sp³-hybridized carbons (Fsp3) is 0.825. The largest absolute Gasteiger partial charge is 0.363 e. The van der Waals surface area contributed by atoms with E-state index in [1.54, 1.807) is 0 Å². The highest BCUT2D eigenvalue weighted by molar-refractivity contribution is 8.01. The van der Waals surface area contributed by atoms with Gasteiger partial charge >= 0.3 is 6.03 Å². The molecule has 1 heterocycles. The lowest BCUT2D eigenvalue weighted by atomic mass is 9.83. The number of carbonyl (C=O) groups is 4. The summed E-state index contributed by atoms with van der Waals surface area (Å²) in [5.74, 6) is 3.45. The number of primary amides is 1. The van der Waals surface area contributed by atoms with E-state index in [-0.39, 0.29) is 17.9 Å². The Morgan fingerprint density at radius 2 is 1.67 bits per heavy atom. The van der Waals surface area contributed by atoms with Crippen LogP contribution in [0.5, 0.6) is 0 Å². The van der Waals surface area contributed by atoms with Crippen molar-refractivity contribution >= 4 is 39.0 Å². The third-order valence-electron chi connectivity index (χ3n) is 13.0.